The highest BCUT2D eigenvalue weighted by Crippen LogP contribution is 2.07. The highest BCUT2D eigenvalue weighted by molar-refractivity contribution is 5.91. The second-order valence-electron chi connectivity index (χ2n) is 5.76. The van der Waals surface area contributed by atoms with Gasteiger partial charge in [0.15, 0.2) is 0 Å². The Hall–Kier alpha value is -3.28. The molecular formula is C20H19FN4O. The van der Waals surface area contributed by atoms with Gasteiger partial charge >= 0.3 is 0 Å². The summed E-state index contributed by atoms with van der Waals surface area (Å²) < 4.78 is 12.9. The van der Waals surface area contributed by atoms with Crippen LogP contribution in [0, 0.1) is 5.82 Å². The molecule has 0 bridgehead atoms. The van der Waals surface area contributed by atoms with Crippen LogP contribution >= 0.6 is 0 Å². The molecule has 1 aromatic heterocycles. The van der Waals surface area contributed by atoms with E-state index in [4.69, 9.17) is 0 Å². The monoisotopic (exact) mass is 350 g/mol. The summed E-state index contributed by atoms with van der Waals surface area (Å²) in [6.07, 6.45) is 3.71. The highest BCUT2D eigenvalue weighted by atomic mass is 19.1. The largest absolute Gasteiger partial charge is 0.365 e. The van der Waals surface area contributed by atoms with Crippen LogP contribution in [0.4, 0.5) is 10.2 Å². The first-order valence-electron chi connectivity index (χ1n) is 8.33. The van der Waals surface area contributed by atoms with E-state index in [9.17, 15) is 9.18 Å². The minimum atomic E-state index is -0.267. The van der Waals surface area contributed by atoms with Crippen molar-refractivity contribution in [1.29, 1.82) is 0 Å². The molecule has 3 aromatic rings. The number of benzene rings is 2. The summed E-state index contributed by atoms with van der Waals surface area (Å²) in [5.41, 5.74) is 2.36. The summed E-state index contributed by atoms with van der Waals surface area (Å²) in [6.45, 7) is 1.03. The molecule has 6 heteroatoms. The first kappa shape index (κ1) is 17.5. The Morgan fingerprint density at radius 2 is 1.69 bits per heavy atom. The molecule has 0 unspecified atom stereocenters. The zero-order valence-corrected chi connectivity index (χ0v) is 14.2. The van der Waals surface area contributed by atoms with Gasteiger partial charge in [0.1, 0.15) is 17.3 Å². The number of hydrogen-bond donors (Lipinski definition) is 2. The highest BCUT2D eigenvalue weighted by Gasteiger charge is 2.07. The van der Waals surface area contributed by atoms with Crippen molar-refractivity contribution < 1.29 is 9.18 Å². The quantitative estimate of drug-likeness (QED) is 0.687. The van der Waals surface area contributed by atoms with E-state index in [0.717, 1.165) is 12.0 Å². The summed E-state index contributed by atoms with van der Waals surface area (Å²) in [7, 11) is 0. The fourth-order valence-corrected chi connectivity index (χ4v) is 2.39. The standard InChI is InChI=1S/C20H19FN4O/c21-17-8-6-16(7-9-17)12-24-19-14-23-18(13-25-19)20(26)22-11-10-15-4-2-1-3-5-15/h1-9,13-14H,10-12H2,(H,22,26)(H,24,25). The Bertz CT molecular complexity index is 836. The smallest absolute Gasteiger partial charge is 0.271 e. The van der Waals surface area contributed by atoms with Gasteiger partial charge in [-0.15, -0.1) is 0 Å². The molecule has 1 amide bonds. The van der Waals surface area contributed by atoms with Gasteiger partial charge in [-0.3, -0.25) is 4.79 Å². The second-order valence-corrected chi connectivity index (χ2v) is 5.76. The molecule has 5 nitrogen and oxygen atoms in total. The summed E-state index contributed by atoms with van der Waals surface area (Å²) in [4.78, 5) is 20.4. The predicted octanol–water partition coefficient (Wildman–Crippen LogP) is 3.20. The van der Waals surface area contributed by atoms with Gasteiger partial charge in [0, 0.05) is 13.1 Å². The minimum absolute atomic E-state index is 0.251. The molecule has 0 fully saturated rings. The summed E-state index contributed by atoms with van der Waals surface area (Å²) in [6, 6.07) is 16.2. The third kappa shape index (κ3) is 5.11. The van der Waals surface area contributed by atoms with Gasteiger partial charge in [-0.05, 0) is 29.7 Å². The van der Waals surface area contributed by atoms with E-state index in [-0.39, 0.29) is 17.4 Å². The topological polar surface area (TPSA) is 66.9 Å². The van der Waals surface area contributed by atoms with Crippen LogP contribution in [-0.2, 0) is 13.0 Å². The number of nitrogens with one attached hydrogen (secondary N) is 2. The zero-order chi connectivity index (χ0) is 18.2. The number of rotatable bonds is 7. The van der Waals surface area contributed by atoms with Crippen molar-refractivity contribution in [2.24, 2.45) is 0 Å². The van der Waals surface area contributed by atoms with E-state index >= 15 is 0 Å². The van der Waals surface area contributed by atoms with E-state index < -0.39 is 0 Å². The van der Waals surface area contributed by atoms with Gasteiger partial charge < -0.3 is 10.6 Å². The molecule has 2 aromatic carbocycles. The molecule has 0 saturated carbocycles. The van der Waals surface area contributed by atoms with E-state index in [1.54, 1.807) is 12.1 Å². The Balaban J connectivity index is 1.47. The maximum Gasteiger partial charge on any atom is 0.271 e. The van der Waals surface area contributed by atoms with E-state index in [1.807, 2.05) is 30.3 Å². The van der Waals surface area contributed by atoms with Gasteiger partial charge in [-0.1, -0.05) is 42.5 Å². The van der Waals surface area contributed by atoms with Gasteiger partial charge in [0.05, 0.1) is 12.4 Å². The Morgan fingerprint density at radius 1 is 0.923 bits per heavy atom. The number of aromatic nitrogens is 2. The normalized spacial score (nSPS) is 10.3. The van der Waals surface area contributed by atoms with E-state index in [2.05, 4.69) is 20.6 Å². The molecule has 3 rings (SSSR count). The van der Waals surface area contributed by atoms with Gasteiger partial charge in [0.2, 0.25) is 0 Å². The molecule has 1 heterocycles. The summed E-state index contributed by atoms with van der Waals surface area (Å²) in [5.74, 6) is 0.0323. The second kappa shape index (κ2) is 8.71. The molecule has 0 saturated heterocycles. The molecule has 0 atom stereocenters. The zero-order valence-electron chi connectivity index (χ0n) is 14.2. The van der Waals surface area contributed by atoms with Gasteiger partial charge in [-0.2, -0.15) is 0 Å². The number of amides is 1. The SMILES string of the molecule is O=C(NCCc1ccccc1)c1cnc(NCc2ccc(F)cc2)cn1. The molecule has 2 N–H and O–H groups in total. The Kier molecular flexibility index (Phi) is 5.88. The third-order valence-corrected chi connectivity index (χ3v) is 3.81. The average molecular weight is 350 g/mol. The Labute approximate surface area is 151 Å². The lowest BCUT2D eigenvalue weighted by atomic mass is 10.1. The number of carbonyl (C=O) groups excluding carboxylic acids is 1. The lowest BCUT2D eigenvalue weighted by Crippen LogP contribution is -2.26. The van der Waals surface area contributed by atoms with Crippen molar-refractivity contribution in [2.45, 2.75) is 13.0 Å². The molecule has 26 heavy (non-hydrogen) atoms. The average Bonchev–Trinajstić information content (AvgIpc) is 2.69. The van der Waals surface area contributed by atoms with Gasteiger partial charge in [-0.25, -0.2) is 14.4 Å². The molecular weight excluding hydrogens is 331 g/mol. The maximum absolute atomic E-state index is 12.9. The first-order valence-corrected chi connectivity index (χ1v) is 8.33. The van der Waals surface area contributed by atoms with Crippen molar-refractivity contribution in [1.82, 2.24) is 15.3 Å². The van der Waals surface area contributed by atoms with Crippen molar-refractivity contribution in [3.05, 3.63) is 89.6 Å². The van der Waals surface area contributed by atoms with Crippen molar-refractivity contribution >= 4 is 11.7 Å². The van der Waals surface area contributed by atoms with Crippen LogP contribution in [0.3, 0.4) is 0 Å². The molecule has 0 aliphatic rings. The molecule has 0 aliphatic heterocycles. The molecule has 0 aliphatic carbocycles. The lowest BCUT2D eigenvalue weighted by Gasteiger charge is -2.07. The van der Waals surface area contributed by atoms with Crippen molar-refractivity contribution in [3.63, 3.8) is 0 Å². The number of anilines is 1. The number of halogens is 1. The van der Waals surface area contributed by atoms with Crippen molar-refractivity contribution in [2.75, 3.05) is 11.9 Å². The van der Waals surface area contributed by atoms with E-state index in [1.165, 1.54) is 30.1 Å². The van der Waals surface area contributed by atoms with Crippen LogP contribution < -0.4 is 10.6 Å². The lowest BCUT2D eigenvalue weighted by molar-refractivity contribution is 0.0949. The van der Waals surface area contributed by atoms with Crippen LogP contribution in [0.1, 0.15) is 21.6 Å². The van der Waals surface area contributed by atoms with Gasteiger partial charge in [0.25, 0.3) is 5.91 Å². The third-order valence-electron chi connectivity index (χ3n) is 3.81. The van der Waals surface area contributed by atoms with Crippen LogP contribution in [0.15, 0.2) is 67.0 Å². The van der Waals surface area contributed by atoms with Crippen molar-refractivity contribution in [3.8, 4) is 0 Å². The van der Waals surface area contributed by atoms with Crippen LogP contribution in [0.5, 0.6) is 0 Å². The first-order chi connectivity index (χ1) is 12.7. The van der Waals surface area contributed by atoms with Crippen LogP contribution in [0.2, 0.25) is 0 Å². The molecule has 0 radical (unpaired) electrons. The summed E-state index contributed by atoms with van der Waals surface area (Å²) >= 11 is 0. The number of carbonyl (C=O) groups is 1. The number of hydrogen-bond acceptors (Lipinski definition) is 4. The van der Waals surface area contributed by atoms with E-state index in [0.29, 0.717) is 18.9 Å². The number of nitrogens with zero attached hydrogens (tertiary/aromatic N) is 2. The maximum atomic E-state index is 12.9. The molecule has 132 valence electrons. The Morgan fingerprint density at radius 3 is 2.38 bits per heavy atom. The minimum Gasteiger partial charge on any atom is -0.365 e. The fraction of sp³-hybridized carbons (Fsp3) is 0.150. The summed E-state index contributed by atoms with van der Waals surface area (Å²) in [5, 5.41) is 5.92. The predicted molar refractivity (Wildman–Crippen MR) is 98.2 cm³/mol. The fourth-order valence-electron chi connectivity index (χ4n) is 2.39. The molecule has 0 spiro atoms. The van der Waals surface area contributed by atoms with Crippen LogP contribution in [0.25, 0.3) is 0 Å². The van der Waals surface area contributed by atoms with Crippen LogP contribution in [-0.4, -0.2) is 22.4 Å².